The molecule has 7 rings (SSSR count). The fraction of sp³-hybridized carbons (Fsp3) is 0.660. The molecule has 0 radical (unpaired) electrons. The van der Waals surface area contributed by atoms with Crippen LogP contribution in [0.5, 0.6) is 5.75 Å². The zero-order valence-corrected chi connectivity index (χ0v) is 40.6. The maximum Gasteiger partial charge on any atom is 0.470 e. The second-order valence-electron chi connectivity index (χ2n) is 19.6. The SMILES string of the molecule is CCC(C)SCC(=O)NCC(=O)N[C@@H](CCC(=O)O)C(=O)NC1CCC(Oc2ccc([C@@H]3O[C@@H]4C[C@H]5[C@@H]6C[C@H](F)C7=CC(=O)C=C[C@]7(C)[C@@]6(F)[C@@H](O)C[C@]5(C)[C@]4(C(=O)COP(=O)(O)O)O3)cc2)CC1. The number of phosphoric acid groups is 1. The van der Waals surface area contributed by atoms with Crippen LogP contribution in [0, 0.1) is 22.7 Å². The highest BCUT2D eigenvalue weighted by atomic mass is 32.2. The lowest BCUT2D eigenvalue weighted by molar-refractivity contribution is -0.235. The molecular formula is C47H62F2N3O15PS. The van der Waals surface area contributed by atoms with E-state index >= 15 is 8.78 Å². The number of thioether (sulfide) groups is 1. The number of ketones is 2. The molecule has 0 spiro atoms. The molecule has 4 saturated carbocycles. The summed E-state index contributed by atoms with van der Waals surface area (Å²) < 4.78 is 69.7. The second kappa shape index (κ2) is 20.6. The number of ether oxygens (including phenoxy) is 3. The number of aliphatic hydroxyl groups is 1. The summed E-state index contributed by atoms with van der Waals surface area (Å²) in [5, 5.41) is 29.4. The Balaban J connectivity index is 0.979. The van der Waals surface area contributed by atoms with Crippen LogP contribution in [-0.2, 0) is 47.3 Å². The molecule has 22 heteroatoms. The summed E-state index contributed by atoms with van der Waals surface area (Å²) in [5.74, 6) is -5.37. The molecule has 69 heavy (non-hydrogen) atoms. The van der Waals surface area contributed by atoms with Crippen LogP contribution < -0.4 is 20.7 Å². The standard InChI is InChI=1S/C47H62F2N3O15PS/c1-5-25(2)69-24-40(57)50-22-39(56)52-35(14-15-41(58)59)42(60)51-27-8-12-30(13-9-27)65-29-10-6-26(7-11-29)43-66-38-20-31-32-19-34(48)33-18-28(53)16-17-44(33,3)46(32,49)36(54)21-45(31,4)47(38,67-43)37(55)23-64-68(61,62)63/h6-7,10-11,16-18,25,27,30-32,34-36,38,43,54H,5,8-9,12-15,19-24H2,1-4H3,(H,50,57)(H,51,60)(H,52,56)(H,58,59)(H2,61,62,63)/t25?,27?,30?,31-,32-,34-,35-,36-,38+,43+,44-,45-,46-,47+/m0/s1. The molecule has 1 aromatic rings. The first-order chi connectivity index (χ1) is 32.4. The van der Waals surface area contributed by atoms with E-state index in [4.69, 9.17) is 14.2 Å². The van der Waals surface area contributed by atoms with Gasteiger partial charge in [-0.25, -0.2) is 13.3 Å². The van der Waals surface area contributed by atoms with E-state index in [1.165, 1.54) is 24.8 Å². The van der Waals surface area contributed by atoms with Crippen LogP contribution in [-0.4, -0.2) is 127 Å². The zero-order valence-electron chi connectivity index (χ0n) is 38.9. The van der Waals surface area contributed by atoms with Gasteiger partial charge in [-0.3, -0.25) is 33.3 Å². The number of nitrogens with one attached hydrogen (secondary N) is 3. The number of phosphoric ester groups is 1. The van der Waals surface area contributed by atoms with E-state index in [1.807, 2.05) is 13.8 Å². The molecule has 5 aliphatic carbocycles. The molecule has 1 unspecified atom stereocenters. The lowest BCUT2D eigenvalue weighted by atomic mass is 9.44. The van der Waals surface area contributed by atoms with Crippen molar-refractivity contribution in [3.63, 3.8) is 0 Å². The summed E-state index contributed by atoms with van der Waals surface area (Å²) in [4.78, 5) is 95.2. The molecule has 0 aromatic heterocycles. The number of alkyl halides is 2. The Hall–Kier alpha value is -4.08. The van der Waals surface area contributed by atoms with Crippen LogP contribution in [0.15, 0.2) is 48.1 Å². The largest absolute Gasteiger partial charge is 0.490 e. The van der Waals surface area contributed by atoms with Crippen LogP contribution in [0.4, 0.5) is 8.78 Å². The summed E-state index contributed by atoms with van der Waals surface area (Å²) in [6, 6.07) is 5.24. The van der Waals surface area contributed by atoms with E-state index in [9.17, 15) is 53.3 Å². The van der Waals surface area contributed by atoms with E-state index in [1.54, 1.807) is 31.2 Å². The van der Waals surface area contributed by atoms with Crippen LogP contribution >= 0.6 is 19.6 Å². The first-order valence-electron chi connectivity index (χ1n) is 23.4. The number of fused-ring (bicyclic) bond motifs is 7. The minimum Gasteiger partial charge on any atom is -0.490 e. The number of hydrogen-bond acceptors (Lipinski definition) is 13. The number of allylic oxidation sites excluding steroid dienone is 4. The van der Waals surface area contributed by atoms with Gasteiger partial charge in [0, 0.05) is 40.0 Å². The number of hydrogen-bond donors (Lipinski definition) is 7. The number of halogens is 2. The van der Waals surface area contributed by atoms with E-state index in [0.717, 1.165) is 18.6 Å². The van der Waals surface area contributed by atoms with E-state index in [0.29, 0.717) is 37.0 Å². The van der Waals surface area contributed by atoms with E-state index in [2.05, 4.69) is 20.5 Å². The average Bonchev–Trinajstić information content (AvgIpc) is 3.80. The van der Waals surface area contributed by atoms with Crippen LogP contribution in [0.1, 0.15) is 104 Å². The third kappa shape index (κ3) is 10.5. The smallest absolute Gasteiger partial charge is 0.470 e. The topological polar surface area (TPSA) is 273 Å². The van der Waals surface area contributed by atoms with Crippen molar-refractivity contribution in [2.24, 2.45) is 22.7 Å². The number of Topliss-reactive ketones (excluding diaryl/α,β-unsaturated/α-hetero) is 1. The predicted octanol–water partition coefficient (Wildman–Crippen LogP) is 4.25. The van der Waals surface area contributed by atoms with Gasteiger partial charge in [0.1, 0.15) is 24.6 Å². The van der Waals surface area contributed by atoms with Crippen molar-refractivity contribution < 1.29 is 80.8 Å². The van der Waals surface area contributed by atoms with Crippen molar-refractivity contribution in [3.05, 3.63) is 53.6 Å². The molecule has 3 amide bonds. The molecule has 6 aliphatic rings. The van der Waals surface area contributed by atoms with Gasteiger partial charge >= 0.3 is 13.8 Å². The van der Waals surface area contributed by atoms with Gasteiger partial charge in [-0.15, -0.1) is 11.8 Å². The van der Waals surface area contributed by atoms with Gasteiger partial charge in [-0.05, 0) is 100 Å². The monoisotopic (exact) mass is 1010 g/mol. The van der Waals surface area contributed by atoms with Crippen molar-refractivity contribution >= 4 is 54.8 Å². The molecule has 7 N–H and O–H groups in total. The summed E-state index contributed by atoms with van der Waals surface area (Å²) >= 11 is 1.45. The highest BCUT2D eigenvalue weighted by Gasteiger charge is 2.80. The fourth-order valence-corrected chi connectivity index (χ4v) is 12.8. The first-order valence-corrected chi connectivity index (χ1v) is 26.0. The lowest BCUT2D eigenvalue weighted by Gasteiger charge is -2.63. The van der Waals surface area contributed by atoms with Gasteiger partial charge in [0.15, 0.2) is 29.1 Å². The van der Waals surface area contributed by atoms with Crippen molar-refractivity contribution in [2.45, 2.75) is 151 Å². The van der Waals surface area contributed by atoms with Crippen molar-refractivity contribution in [2.75, 3.05) is 18.9 Å². The number of amides is 3. The Morgan fingerprint density at radius 1 is 1.03 bits per heavy atom. The number of rotatable bonds is 19. The minimum absolute atomic E-state index is 0.0259. The Labute approximate surface area is 402 Å². The predicted molar refractivity (Wildman–Crippen MR) is 244 cm³/mol. The number of carbonyl (C=O) groups is 6. The summed E-state index contributed by atoms with van der Waals surface area (Å²) in [6.45, 7) is 5.61. The number of carboxylic acid groups (broad SMARTS) is 1. The number of aliphatic carboxylic acids is 1. The maximum absolute atomic E-state index is 17.9. The molecule has 5 fully saturated rings. The van der Waals surface area contributed by atoms with Gasteiger partial charge in [-0.2, -0.15) is 0 Å². The van der Waals surface area contributed by atoms with Crippen molar-refractivity contribution in [1.29, 1.82) is 0 Å². The molecule has 18 nitrogen and oxygen atoms in total. The first kappa shape index (κ1) is 52.7. The van der Waals surface area contributed by atoms with Gasteiger partial charge in [0.2, 0.25) is 17.7 Å². The molecule has 0 bridgehead atoms. The van der Waals surface area contributed by atoms with Crippen LogP contribution in [0.25, 0.3) is 0 Å². The number of aliphatic hydroxyl groups excluding tert-OH is 1. The quantitative estimate of drug-likeness (QED) is 0.0955. The Morgan fingerprint density at radius 2 is 1.72 bits per heavy atom. The van der Waals surface area contributed by atoms with Gasteiger partial charge in [-0.1, -0.05) is 39.0 Å². The maximum atomic E-state index is 17.9. The number of carboxylic acids is 1. The number of carbonyl (C=O) groups excluding carboxylic acids is 5. The third-order valence-electron chi connectivity index (χ3n) is 15.4. The van der Waals surface area contributed by atoms with Crippen molar-refractivity contribution in [1.82, 2.24) is 16.0 Å². The van der Waals surface area contributed by atoms with E-state index in [-0.39, 0.29) is 66.9 Å². The summed E-state index contributed by atoms with van der Waals surface area (Å²) in [7, 11) is -5.16. The Morgan fingerprint density at radius 3 is 2.38 bits per heavy atom. The summed E-state index contributed by atoms with van der Waals surface area (Å²) in [5.41, 5.74) is -7.24. The van der Waals surface area contributed by atoms with Gasteiger partial charge < -0.3 is 50.2 Å². The molecule has 12 atom stereocenters. The average molecular weight is 1010 g/mol. The summed E-state index contributed by atoms with van der Waals surface area (Å²) in [6.07, 6.45) is -0.891. The van der Waals surface area contributed by atoms with Crippen molar-refractivity contribution in [3.8, 4) is 5.75 Å². The minimum atomic E-state index is -5.16. The van der Waals surface area contributed by atoms with Crippen LogP contribution in [0.3, 0.4) is 0 Å². The second-order valence-corrected chi connectivity index (χ2v) is 22.3. The normalized spacial score (nSPS) is 35.6. The fourth-order valence-electron chi connectivity index (χ4n) is 11.7. The molecule has 1 saturated heterocycles. The number of benzene rings is 1. The molecule has 380 valence electrons. The molecule has 1 aliphatic heterocycles. The third-order valence-corrected chi connectivity index (χ3v) is 17.2. The molecule has 1 heterocycles. The van der Waals surface area contributed by atoms with Crippen LogP contribution in [0.2, 0.25) is 0 Å². The molecular weight excluding hydrogens is 948 g/mol. The highest BCUT2D eigenvalue weighted by Crippen LogP contribution is 2.72. The zero-order chi connectivity index (χ0) is 50.3. The lowest BCUT2D eigenvalue weighted by Crippen LogP contribution is -2.70. The Kier molecular flexibility index (Phi) is 15.7. The highest BCUT2D eigenvalue weighted by molar-refractivity contribution is 8.00. The van der Waals surface area contributed by atoms with Gasteiger partial charge in [0.05, 0.1) is 30.6 Å². The van der Waals surface area contributed by atoms with E-state index < -0.39 is 115 Å². The Bertz CT molecular complexity index is 2280. The molecule has 1 aromatic carbocycles. The van der Waals surface area contributed by atoms with Gasteiger partial charge in [0.25, 0.3) is 0 Å².